The van der Waals surface area contributed by atoms with E-state index in [-0.39, 0.29) is 20.6 Å². The molecule has 0 aromatic heterocycles. The normalized spacial score (nSPS) is 14.5. The van der Waals surface area contributed by atoms with Gasteiger partial charge in [-0.05, 0) is 49.6 Å². The highest BCUT2D eigenvalue weighted by atomic mass is 35.5. The predicted molar refractivity (Wildman–Crippen MR) is 123 cm³/mol. The first-order valence-electron chi connectivity index (χ1n) is 10.3. The average Bonchev–Trinajstić information content (AvgIpc) is 3.25. The Morgan fingerprint density at radius 1 is 1.06 bits per heavy atom. The van der Waals surface area contributed by atoms with Crippen LogP contribution in [0.1, 0.15) is 32.1 Å². The monoisotopic (exact) mass is 484 g/mol. The zero-order chi connectivity index (χ0) is 22.3. The molecule has 2 aromatic carbocycles. The van der Waals surface area contributed by atoms with Crippen molar-refractivity contribution in [3.8, 4) is 0 Å². The number of sulfonamides is 1. The van der Waals surface area contributed by atoms with Gasteiger partial charge in [-0.25, -0.2) is 8.42 Å². The fourth-order valence-electron chi connectivity index (χ4n) is 3.51. The predicted octanol–water partition coefficient (Wildman–Crippen LogP) is 4.65. The summed E-state index contributed by atoms with van der Waals surface area (Å²) in [5, 5.41) is 3.33. The summed E-state index contributed by atoms with van der Waals surface area (Å²) in [7, 11) is -4.00. The summed E-state index contributed by atoms with van der Waals surface area (Å²) in [6.07, 6.45) is 5.61. The smallest absolute Gasteiger partial charge is 0.264 e. The molecule has 9 heteroatoms. The minimum atomic E-state index is -4.00. The van der Waals surface area contributed by atoms with Crippen LogP contribution in [0.3, 0.4) is 0 Å². The van der Waals surface area contributed by atoms with Crippen LogP contribution in [0.15, 0.2) is 53.4 Å². The summed E-state index contributed by atoms with van der Waals surface area (Å²) < 4.78 is 33.3. The first-order valence-corrected chi connectivity index (χ1v) is 12.5. The van der Waals surface area contributed by atoms with Gasteiger partial charge in [0.2, 0.25) is 5.91 Å². The molecular formula is C22H26Cl2N2O4S. The van der Waals surface area contributed by atoms with Crippen molar-refractivity contribution in [2.45, 2.75) is 43.1 Å². The van der Waals surface area contributed by atoms with Gasteiger partial charge in [0.1, 0.15) is 6.54 Å². The van der Waals surface area contributed by atoms with Gasteiger partial charge in [0.25, 0.3) is 10.0 Å². The maximum Gasteiger partial charge on any atom is 0.264 e. The van der Waals surface area contributed by atoms with E-state index < -0.39 is 22.5 Å². The number of carbonyl (C=O) groups is 1. The number of hydrogen-bond donors (Lipinski definition) is 1. The van der Waals surface area contributed by atoms with Gasteiger partial charge in [0.15, 0.2) is 0 Å². The van der Waals surface area contributed by atoms with Crippen molar-refractivity contribution in [2.24, 2.45) is 0 Å². The third kappa shape index (κ3) is 6.84. The van der Waals surface area contributed by atoms with Crippen LogP contribution < -0.4 is 9.62 Å². The van der Waals surface area contributed by atoms with Gasteiger partial charge in [0, 0.05) is 23.2 Å². The second-order valence-electron chi connectivity index (χ2n) is 7.43. The molecule has 31 heavy (non-hydrogen) atoms. The minimum absolute atomic E-state index is 0.0730. The number of hydrogen-bond acceptors (Lipinski definition) is 4. The summed E-state index contributed by atoms with van der Waals surface area (Å²) in [5.41, 5.74) is 0.223. The molecule has 0 atom stereocenters. The number of nitrogens with one attached hydrogen (secondary N) is 1. The molecule has 1 N–H and O–H groups in total. The van der Waals surface area contributed by atoms with Crippen LogP contribution in [0.4, 0.5) is 5.69 Å². The van der Waals surface area contributed by atoms with Crippen LogP contribution in [-0.2, 0) is 19.6 Å². The second-order valence-corrected chi connectivity index (χ2v) is 10.2. The largest absolute Gasteiger partial charge is 0.378 e. The highest BCUT2D eigenvalue weighted by Crippen LogP contribution is 2.29. The molecule has 3 rings (SSSR count). The molecule has 0 unspecified atom stereocenters. The van der Waals surface area contributed by atoms with Gasteiger partial charge in [-0.2, -0.15) is 0 Å². The first kappa shape index (κ1) is 23.9. The summed E-state index contributed by atoms with van der Waals surface area (Å²) in [4.78, 5) is 12.6. The van der Waals surface area contributed by atoms with Crippen LogP contribution in [-0.4, -0.2) is 40.1 Å². The van der Waals surface area contributed by atoms with Crippen LogP contribution in [0.2, 0.25) is 10.0 Å². The molecule has 0 heterocycles. The van der Waals surface area contributed by atoms with E-state index in [0.717, 1.165) is 17.1 Å². The van der Waals surface area contributed by atoms with Crippen molar-refractivity contribution >= 4 is 44.8 Å². The Morgan fingerprint density at radius 3 is 2.35 bits per heavy atom. The van der Waals surface area contributed by atoms with E-state index in [1.54, 1.807) is 18.2 Å². The molecule has 0 bridgehead atoms. The Kier molecular flexibility index (Phi) is 8.60. The Labute approximate surface area is 193 Å². The Morgan fingerprint density at radius 2 is 1.71 bits per heavy atom. The topological polar surface area (TPSA) is 75.7 Å². The highest BCUT2D eigenvalue weighted by molar-refractivity contribution is 7.92. The molecule has 6 nitrogen and oxygen atoms in total. The molecule has 2 aromatic rings. The van der Waals surface area contributed by atoms with Gasteiger partial charge >= 0.3 is 0 Å². The zero-order valence-electron chi connectivity index (χ0n) is 17.1. The Balaban J connectivity index is 1.67. The van der Waals surface area contributed by atoms with E-state index in [2.05, 4.69) is 5.32 Å². The van der Waals surface area contributed by atoms with Crippen molar-refractivity contribution in [3.05, 3.63) is 58.6 Å². The van der Waals surface area contributed by atoms with Crippen molar-refractivity contribution in [1.29, 1.82) is 0 Å². The van der Waals surface area contributed by atoms with E-state index in [0.29, 0.717) is 25.7 Å². The number of anilines is 1. The van der Waals surface area contributed by atoms with Crippen LogP contribution in [0, 0.1) is 0 Å². The molecule has 1 aliphatic carbocycles. The van der Waals surface area contributed by atoms with E-state index in [1.165, 1.54) is 43.2 Å². The van der Waals surface area contributed by atoms with Crippen LogP contribution in [0.5, 0.6) is 0 Å². The summed E-state index contributed by atoms with van der Waals surface area (Å²) in [5.74, 6) is -0.420. The number of benzene rings is 2. The fourth-order valence-corrected chi connectivity index (χ4v) is 5.45. The summed E-state index contributed by atoms with van der Waals surface area (Å²) in [6, 6.07) is 12.4. The van der Waals surface area contributed by atoms with Gasteiger partial charge in [-0.1, -0.05) is 54.2 Å². The maximum atomic E-state index is 13.3. The van der Waals surface area contributed by atoms with Crippen LogP contribution >= 0.6 is 23.2 Å². The van der Waals surface area contributed by atoms with E-state index in [1.807, 2.05) is 0 Å². The average molecular weight is 485 g/mol. The zero-order valence-corrected chi connectivity index (χ0v) is 19.4. The lowest BCUT2D eigenvalue weighted by Gasteiger charge is -2.24. The van der Waals surface area contributed by atoms with Crippen LogP contribution in [0.25, 0.3) is 0 Å². The van der Waals surface area contributed by atoms with Crippen molar-refractivity contribution < 1.29 is 17.9 Å². The van der Waals surface area contributed by atoms with E-state index in [9.17, 15) is 13.2 Å². The van der Waals surface area contributed by atoms with Gasteiger partial charge in [0.05, 0.1) is 16.7 Å². The molecule has 1 fully saturated rings. The lowest BCUT2D eigenvalue weighted by molar-refractivity contribution is -0.119. The van der Waals surface area contributed by atoms with Gasteiger partial charge in [-0.15, -0.1) is 0 Å². The molecule has 1 amide bonds. The minimum Gasteiger partial charge on any atom is -0.378 e. The molecule has 1 saturated carbocycles. The number of rotatable bonds is 10. The molecule has 0 spiro atoms. The summed E-state index contributed by atoms with van der Waals surface area (Å²) in [6.45, 7) is 0.583. The Hall–Kier alpha value is -1.80. The van der Waals surface area contributed by atoms with Crippen molar-refractivity contribution in [2.75, 3.05) is 24.0 Å². The number of halogens is 2. The van der Waals surface area contributed by atoms with Crippen molar-refractivity contribution in [1.82, 2.24) is 5.32 Å². The number of amides is 1. The number of ether oxygens (including phenoxy) is 1. The van der Waals surface area contributed by atoms with Gasteiger partial charge in [-0.3, -0.25) is 9.10 Å². The van der Waals surface area contributed by atoms with Gasteiger partial charge < -0.3 is 10.1 Å². The highest BCUT2D eigenvalue weighted by Gasteiger charge is 2.27. The maximum absolute atomic E-state index is 13.3. The number of nitrogens with zero attached hydrogens (tertiary/aromatic N) is 1. The third-order valence-corrected chi connectivity index (χ3v) is 7.28. The Bertz CT molecular complexity index is 960. The lowest BCUT2D eigenvalue weighted by atomic mass is 10.3. The molecule has 0 aliphatic heterocycles. The third-order valence-electron chi connectivity index (χ3n) is 5.05. The summed E-state index contributed by atoms with van der Waals surface area (Å²) >= 11 is 12.2. The molecule has 0 radical (unpaired) electrons. The molecule has 168 valence electrons. The molecular weight excluding hydrogens is 459 g/mol. The number of carbonyl (C=O) groups excluding carboxylic acids is 1. The molecule has 0 saturated heterocycles. The van der Waals surface area contributed by atoms with E-state index >= 15 is 0 Å². The van der Waals surface area contributed by atoms with E-state index in [4.69, 9.17) is 27.9 Å². The molecule has 1 aliphatic rings. The van der Waals surface area contributed by atoms with Crippen molar-refractivity contribution in [3.63, 3.8) is 0 Å². The lowest BCUT2D eigenvalue weighted by Crippen LogP contribution is -2.41. The SMILES string of the molecule is O=C(CN(c1cc(Cl)cc(Cl)c1)S(=O)(=O)c1ccccc1)NCCCOC1CCCC1. The fraction of sp³-hybridized carbons (Fsp3) is 0.409. The standard InChI is InChI=1S/C22H26Cl2N2O4S/c23-17-13-18(24)15-19(14-17)26(31(28,29)21-9-2-1-3-10-21)16-22(27)25-11-6-12-30-20-7-4-5-8-20/h1-3,9-10,13-15,20H,4-8,11-12,16H2,(H,25,27). The quantitative estimate of drug-likeness (QED) is 0.497. The second kappa shape index (κ2) is 11.2. The first-order chi connectivity index (χ1) is 14.9.